The number of anilines is 2. The molecule has 0 spiro atoms. The van der Waals surface area contributed by atoms with Crippen LogP contribution in [-0.2, 0) is 25.6 Å². The number of amides is 4. The Morgan fingerprint density at radius 2 is 1.82 bits per heavy atom. The van der Waals surface area contributed by atoms with Crippen molar-refractivity contribution in [2.24, 2.45) is 5.92 Å². The highest BCUT2D eigenvalue weighted by molar-refractivity contribution is 6.23. The molecule has 2 fully saturated rings. The fraction of sp³-hybridized carbons (Fsp3) is 0.308. The van der Waals surface area contributed by atoms with Crippen molar-refractivity contribution in [1.29, 1.82) is 0 Å². The highest BCUT2D eigenvalue weighted by Gasteiger charge is 2.46. The highest BCUT2D eigenvalue weighted by atomic mass is 16.2. The second-order valence-corrected chi connectivity index (χ2v) is 8.93. The molecule has 5 rings (SSSR count). The Kier molecular flexibility index (Phi) is 5.65. The van der Waals surface area contributed by atoms with Crippen LogP contribution in [0.2, 0.25) is 0 Å². The molecule has 2 aliphatic rings. The number of nitrogens with one attached hydrogen (secondary N) is 2. The molecule has 1 saturated heterocycles. The van der Waals surface area contributed by atoms with Gasteiger partial charge >= 0.3 is 0 Å². The molecule has 1 aliphatic heterocycles. The Labute approximate surface area is 196 Å². The lowest BCUT2D eigenvalue weighted by Crippen LogP contribution is -2.47. The molecule has 8 heteroatoms. The molecule has 1 saturated carbocycles. The molecule has 34 heavy (non-hydrogen) atoms. The third-order valence-electron chi connectivity index (χ3n) is 6.45. The Balaban J connectivity index is 1.36. The van der Waals surface area contributed by atoms with E-state index >= 15 is 0 Å². The molecule has 8 nitrogen and oxygen atoms in total. The lowest BCUT2D eigenvalue weighted by Gasteiger charge is -2.28. The smallest absolute Gasteiger partial charge is 0.257 e. The number of para-hydroxylation sites is 1. The third kappa shape index (κ3) is 4.19. The summed E-state index contributed by atoms with van der Waals surface area (Å²) in [5.74, 6) is -1.02. The molecule has 174 valence electrons. The van der Waals surface area contributed by atoms with E-state index in [1.54, 1.807) is 29.2 Å². The molecule has 4 amide bonds. The number of hydrogen-bond acceptors (Lipinski definition) is 4. The number of carbonyl (C=O) groups is 4. The van der Waals surface area contributed by atoms with Crippen LogP contribution in [-0.4, -0.2) is 46.1 Å². The minimum atomic E-state index is -0.805. The summed E-state index contributed by atoms with van der Waals surface area (Å²) in [6.07, 6.45) is 4.15. The van der Waals surface area contributed by atoms with Crippen molar-refractivity contribution in [3.63, 3.8) is 0 Å². The van der Waals surface area contributed by atoms with Crippen LogP contribution in [0.25, 0.3) is 10.9 Å². The van der Waals surface area contributed by atoms with Crippen molar-refractivity contribution in [3.8, 4) is 0 Å². The number of nitrogens with zero attached hydrogens (tertiary/aromatic N) is 2. The first-order chi connectivity index (χ1) is 16.4. The molecule has 1 aliphatic carbocycles. The van der Waals surface area contributed by atoms with E-state index in [1.165, 1.54) is 6.92 Å². The van der Waals surface area contributed by atoms with Gasteiger partial charge in [0.2, 0.25) is 17.7 Å². The summed E-state index contributed by atoms with van der Waals surface area (Å²) in [5.41, 5.74) is 3.11. The normalized spacial score (nSPS) is 17.9. The summed E-state index contributed by atoms with van der Waals surface area (Å²) in [4.78, 5) is 56.7. The number of H-pyrrole nitrogens is 1. The maximum Gasteiger partial charge on any atom is 0.257 e. The van der Waals surface area contributed by atoms with E-state index in [1.807, 2.05) is 30.5 Å². The molecule has 1 aromatic heterocycles. The average molecular weight is 459 g/mol. The quantitative estimate of drug-likeness (QED) is 0.531. The summed E-state index contributed by atoms with van der Waals surface area (Å²) >= 11 is 0. The van der Waals surface area contributed by atoms with Crippen LogP contribution in [0.4, 0.5) is 11.4 Å². The molecule has 2 heterocycles. The topological polar surface area (TPSA) is 103 Å². The molecule has 1 atom stereocenters. The Hall–Kier alpha value is -3.94. The van der Waals surface area contributed by atoms with Gasteiger partial charge in [-0.05, 0) is 55.2 Å². The van der Waals surface area contributed by atoms with Gasteiger partial charge in [-0.1, -0.05) is 18.2 Å². The molecular weight excluding hydrogens is 432 g/mol. The summed E-state index contributed by atoms with van der Waals surface area (Å²) in [5, 5.41) is 3.76. The van der Waals surface area contributed by atoms with Gasteiger partial charge in [0.05, 0.1) is 12.1 Å². The standard InChI is InChI=1S/C26H26N4O4/c1-16(31)28-19-8-10-20(11-9-19)30-24(32)14-23(26(30)34)29(25(33)17-6-7-17)13-12-18-15-27-22-5-3-2-4-21(18)22/h2-5,8-11,15,17,23,27H,6-7,12-14H2,1H3,(H,28,31). The predicted octanol–water partition coefficient (Wildman–Crippen LogP) is 3.24. The van der Waals surface area contributed by atoms with Gasteiger partial charge in [0.25, 0.3) is 5.91 Å². The maximum absolute atomic E-state index is 13.4. The van der Waals surface area contributed by atoms with E-state index in [0.29, 0.717) is 24.3 Å². The van der Waals surface area contributed by atoms with Gasteiger partial charge in [-0.2, -0.15) is 0 Å². The Bertz CT molecular complexity index is 1280. The van der Waals surface area contributed by atoms with Crippen LogP contribution < -0.4 is 10.2 Å². The lowest BCUT2D eigenvalue weighted by molar-refractivity contribution is -0.139. The molecular formula is C26H26N4O4. The van der Waals surface area contributed by atoms with Gasteiger partial charge in [0.15, 0.2) is 0 Å². The van der Waals surface area contributed by atoms with Gasteiger partial charge in [0, 0.05) is 42.2 Å². The first-order valence-corrected chi connectivity index (χ1v) is 11.5. The van der Waals surface area contributed by atoms with Crippen molar-refractivity contribution in [1.82, 2.24) is 9.88 Å². The highest BCUT2D eigenvalue weighted by Crippen LogP contribution is 2.34. The minimum Gasteiger partial charge on any atom is -0.361 e. The third-order valence-corrected chi connectivity index (χ3v) is 6.45. The first-order valence-electron chi connectivity index (χ1n) is 11.5. The van der Waals surface area contributed by atoms with Crippen molar-refractivity contribution >= 4 is 45.9 Å². The second-order valence-electron chi connectivity index (χ2n) is 8.93. The van der Waals surface area contributed by atoms with Gasteiger partial charge < -0.3 is 15.2 Å². The largest absolute Gasteiger partial charge is 0.361 e. The van der Waals surface area contributed by atoms with E-state index in [9.17, 15) is 19.2 Å². The van der Waals surface area contributed by atoms with E-state index in [-0.39, 0.29) is 36.0 Å². The van der Waals surface area contributed by atoms with Gasteiger partial charge in [0.1, 0.15) is 6.04 Å². The van der Waals surface area contributed by atoms with Gasteiger partial charge in [-0.15, -0.1) is 0 Å². The molecule has 3 aromatic rings. The molecule has 2 N–H and O–H groups in total. The summed E-state index contributed by atoms with van der Waals surface area (Å²) in [7, 11) is 0. The number of imide groups is 1. The average Bonchev–Trinajstić information content (AvgIpc) is 3.53. The van der Waals surface area contributed by atoms with E-state index in [0.717, 1.165) is 34.2 Å². The van der Waals surface area contributed by atoms with Crippen LogP contribution >= 0.6 is 0 Å². The molecule has 0 bridgehead atoms. The fourth-order valence-electron chi connectivity index (χ4n) is 4.59. The Morgan fingerprint density at radius 1 is 1.09 bits per heavy atom. The molecule has 0 radical (unpaired) electrons. The van der Waals surface area contributed by atoms with Crippen LogP contribution in [0, 0.1) is 5.92 Å². The second kappa shape index (κ2) is 8.78. The predicted molar refractivity (Wildman–Crippen MR) is 128 cm³/mol. The van der Waals surface area contributed by atoms with Crippen molar-refractivity contribution in [3.05, 3.63) is 60.3 Å². The molecule has 1 unspecified atom stereocenters. The zero-order chi connectivity index (χ0) is 23.8. The number of carbonyl (C=O) groups excluding carboxylic acids is 4. The first kappa shape index (κ1) is 21.9. The zero-order valence-electron chi connectivity index (χ0n) is 18.9. The van der Waals surface area contributed by atoms with Gasteiger partial charge in [-0.3, -0.25) is 19.2 Å². The number of rotatable bonds is 7. The summed E-state index contributed by atoms with van der Waals surface area (Å²) < 4.78 is 0. The lowest BCUT2D eigenvalue weighted by atomic mass is 10.1. The van der Waals surface area contributed by atoms with E-state index in [4.69, 9.17) is 0 Å². The number of aromatic amines is 1. The van der Waals surface area contributed by atoms with Crippen LogP contribution in [0.3, 0.4) is 0 Å². The van der Waals surface area contributed by atoms with E-state index < -0.39 is 6.04 Å². The molecule has 2 aromatic carbocycles. The van der Waals surface area contributed by atoms with Crippen LogP contribution in [0.1, 0.15) is 31.7 Å². The minimum absolute atomic E-state index is 0.0291. The maximum atomic E-state index is 13.4. The van der Waals surface area contributed by atoms with Crippen molar-refractivity contribution in [2.75, 3.05) is 16.8 Å². The number of fused-ring (bicyclic) bond motifs is 1. The SMILES string of the molecule is CC(=O)Nc1ccc(N2C(=O)CC(N(CCc3c[nH]c4ccccc34)C(=O)C3CC3)C2=O)cc1. The van der Waals surface area contributed by atoms with Gasteiger partial charge in [-0.25, -0.2) is 4.90 Å². The monoisotopic (exact) mass is 458 g/mol. The number of aromatic nitrogens is 1. The van der Waals surface area contributed by atoms with Crippen LogP contribution in [0.5, 0.6) is 0 Å². The Morgan fingerprint density at radius 3 is 2.53 bits per heavy atom. The fourth-order valence-corrected chi connectivity index (χ4v) is 4.59. The number of hydrogen-bond donors (Lipinski definition) is 2. The zero-order valence-corrected chi connectivity index (χ0v) is 18.9. The number of benzene rings is 2. The van der Waals surface area contributed by atoms with Crippen molar-refractivity contribution < 1.29 is 19.2 Å². The van der Waals surface area contributed by atoms with Crippen molar-refractivity contribution in [2.45, 2.75) is 38.6 Å². The summed E-state index contributed by atoms with van der Waals surface area (Å²) in [6.45, 7) is 1.78. The van der Waals surface area contributed by atoms with E-state index in [2.05, 4.69) is 10.3 Å². The van der Waals surface area contributed by atoms with Crippen LogP contribution in [0.15, 0.2) is 54.7 Å². The summed E-state index contributed by atoms with van der Waals surface area (Å²) in [6, 6.07) is 13.7.